The van der Waals surface area contributed by atoms with Crippen molar-refractivity contribution in [1.29, 1.82) is 0 Å². The lowest BCUT2D eigenvalue weighted by molar-refractivity contribution is 0.0636. The van der Waals surface area contributed by atoms with Gasteiger partial charge in [-0.2, -0.15) is 0 Å². The highest BCUT2D eigenvalue weighted by atomic mass is 16.5. The van der Waals surface area contributed by atoms with Crippen molar-refractivity contribution in [3.63, 3.8) is 0 Å². The number of hydrogen-bond acceptors (Lipinski definition) is 4. The van der Waals surface area contributed by atoms with E-state index >= 15 is 0 Å². The third-order valence-electron chi connectivity index (χ3n) is 5.06. The van der Waals surface area contributed by atoms with Crippen molar-refractivity contribution in [2.24, 2.45) is 5.92 Å². The number of rotatable bonds is 7. The van der Waals surface area contributed by atoms with Gasteiger partial charge < -0.3 is 15.4 Å². The van der Waals surface area contributed by atoms with Crippen molar-refractivity contribution >= 4 is 23.5 Å². The molecule has 0 radical (unpaired) electrons. The van der Waals surface area contributed by atoms with E-state index in [9.17, 15) is 14.4 Å². The fourth-order valence-corrected chi connectivity index (χ4v) is 3.63. The fraction of sp³-hybridized carbons (Fsp3) is 0.375. The lowest BCUT2D eigenvalue weighted by Crippen LogP contribution is -2.33. The Hall–Kier alpha value is -3.35. The Kier molecular flexibility index (Phi) is 6.63. The molecule has 4 amide bonds. The van der Waals surface area contributed by atoms with Crippen molar-refractivity contribution in [1.82, 2.24) is 10.2 Å². The Morgan fingerprint density at radius 3 is 2.42 bits per heavy atom. The van der Waals surface area contributed by atoms with E-state index in [0.29, 0.717) is 30.0 Å². The molecule has 164 valence electrons. The van der Waals surface area contributed by atoms with Gasteiger partial charge in [0.2, 0.25) is 0 Å². The Morgan fingerprint density at radius 2 is 1.74 bits per heavy atom. The first-order valence-corrected chi connectivity index (χ1v) is 10.5. The van der Waals surface area contributed by atoms with Gasteiger partial charge in [0.05, 0.1) is 23.8 Å². The van der Waals surface area contributed by atoms with Crippen molar-refractivity contribution in [3.8, 4) is 5.75 Å². The lowest BCUT2D eigenvalue weighted by atomic mass is 10.0. The van der Waals surface area contributed by atoms with E-state index in [2.05, 4.69) is 10.6 Å². The minimum Gasteiger partial charge on any atom is -0.494 e. The molecule has 0 aliphatic carbocycles. The zero-order valence-corrected chi connectivity index (χ0v) is 18.6. The molecular formula is C24H29N3O4. The number of anilines is 1. The zero-order chi connectivity index (χ0) is 22.7. The molecule has 0 fully saturated rings. The molecule has 0 saturated heterocycles. The molecule has 0 bridgehead atoms. The zero-order valence-electron chi connectivity index (χ0n) is 18.6. The maximum atomic E-state index is 12.6. The van der Waals surface area contributed by atoms with Crippen molar-refractivity contribution in [2.75, 3.05) is 18.5 Å². The van der Waals surface area contributed by atoms with Gasteiger partial charge in [0, 0.05) is 17.8 Å². The number of aryl methyl sites for hydroxylation is 1. The average molecular weight is 424 g/mol. The van der Waals surface area contributed by atoms with Gasteiger partial charge in [-0.1, -0.05) is 31.5 Å². The minimum absolute atomic E-state index is 0.176. The molecule has 2 aromatic carbocycles. The lowest BCUT2D eigenvalue weighted by Gasteiger charge is -2.19. The van der Waals surface area contributed by atoms with Crippen LogP contribution in [-0.2, 0) is 0 Å². The van der Waals surface area contributed by atoms with Gasteiger partial charge in [0.15, 0.2) is 0 Å². The van der Waals surface area contributed by atoms with E-state index in [-0.39, 0.29) is 23.8 Å². The molecule has 1 aliphatic heterocycles. The van der Waals surface area contributed by atoms with Crippen LogP contribution < -0.4 is 15.4 Å². The number of benzene rings is 2. The number of carbonyl (C=O) groups is 3. The summed E-state index contributed by atoms with van der Waals surface area (Å²) in [5, 5.41) is 5.66. The second-order valence-electron chi connectivity index (χ2n) is 8.17. The van der Waals surface area contributed by atoms with Gasteiger partial charge in [0.1, 0.15) is 5.75 Å². The largest absolute Gasteiger partial charge is 0.494 e. The maximum Gasteiger partial charge on any atom is 0.319 e. The van der Waals surface area contributed by atoms with Gasteiger partial charge in [-0.15, -0.1) is 0 Å². The van der Waals surface area contributed by atoms with E-state index in [1.54, 1.807) is 18.2 Å². The van der Waals surface area contributed by atoms with Crippen LogP contribution in [0.15, 0.2) is 36.4 Å². The predicted octanol–water partition coefficient (Wildman–Crippen LogP) is 4.53. The van der Waals surface area contributed by atoms with Gasteiger partial charge in [0.25, 0.3) is 11.8 Å². The number of carbonyl (C=O) groups excluding carboxylic acids is 3. The van der Waals surface area contributed by atoms with Crippen LogP contribution in [0.25, 0.3) is 0 Å². The average Bonchev–Trinajstić information content (AvgIpc) is 2.93. The van der Waals surface area contributed by atoms with Gasteiger partial charge >= 0.3 is 6.03 Å². The van der Waals surface area contributed by atoms with E-state index in [1.165, 1.54) is 4.90 Å². The van der Waals surface area contributed by atoms with Crippen LogP contribution in [-0.4, -0.2) is 35.9 Å². The minimum atomic E-state index is -0.410. The monoisotopic (exact) mass is 423 g/mol. The highest BCUT2D eigenvalue weighted by molar-refractivity contribution is 6.21. The normalized spacial score (nSPS) is 13.9. The van der Waals surface area contributed by atoms with Crippen LogP contribution in [0.4, 0.5) is 10.5 Å². The van der Waals surface area contributed by atoms with E-state index in [4.69, 9.17) is 4.74 Å². The fourth-order valence-electron chi connectivity index (χ4n) is 3.63. The summed E-state index contributed by atoms with van der Waals surface area (Å²) in [6.07, 6.45) is 0. The molecule has 31 heavy (non-hydrogen) atoms. The molecule has 3 rings (SSSR count). The Bertz CT molecular complexity index is 1020. The molecule has 0 aromatic heterocycles. The Labute approximate surface area is 182 Å². The number of amides is 4. The number of ether oxygens (including phenoxy) is 1. The molecule has 1 heterocycles. The van der Waals surface area contributed by atoms with Crippen LogP contribution in [0.2, 0.25) is 0 Å². The van der Waals surface area contributed by atoms with Crippen LogP contribution in [0.3, 0.4) is 0 Å². The summed E-state index contributed by atoms with van der Waals surface area (Å²) in [5.74, 6) is 0.288. The number of nitrogens with one attached hydrogen (secondary N) is 2. The molecule has 1 aliphatic rings. The third-order valence-corrected chi connectivity index (χ3v) is 5.06. The summed E-state index contributed by atoms with van der Waals surface area (Å²) in [4.78, 5) is 39.0. The highest BCUT2D eigenvalue weighted by Gasteiger charge is 2.35. The smallest absolute Gasteiger partial charge is 0.319 e. The molecular weight excluding hydrogens is 394 g/mol. The van der Waals surface area contributed by atoms with Crippen LogP contribution in [0.5, 0.6) is 5.75 Å². The van der Waals surface area contributed by atoms with Crippen molar-refractivity contribution in [2.45, 2.75) is 40.7 Å². The highest BCUT2D eigenvalue weighted by Crippen LogP contribution is 2.28. The molecule has 1 atom stereocenters. The molecule has 2 aromatic rings. The second-order valence-corrected chi connectivity index (χ2v) is 8.17. The first-order chi connectivity index (χ1) is 14.7. The number of urea groups is 1. The van der Waals surface area contributed by atoms with Crippen LogP contribution >= 0.6 is 0 Å². The molecule has 7 heteroatoms. The Balaban J connectivity index is 1.72. The molecule has 1 unspecified atom stereocenters. The van der Waals surface area contributed by atoms with Gasteiger partial charge in [-0.05, 0) is 51.0 Å². The number of fused-ring (bicyclic) bond motifs is 1. The predicted molar refractivity (Wildman–Crippen MR) is 120 cm³/mol. The first kappa shape index (κ1) is 22.3. The number of nitrogens with zero attached hydrogens (tertiary/aromatic N) is 1. The molecule has 7 nitrogen and oxygen atoms in total. The third kappa shape index (κ3) is 4.87. The quantitative estimate of drug-likeness (QED) is 0.641. The molecule has 0 saturated carbocycles. The SMILES string of the molecule is CCOc1ccc(C)cc1C(C)NC(=O)Nc1ccc2c(c1)C(=O)N(CC(C)C)C2=O. The van der Waals surface area contributed by atoms with Crippen molar-refractivity contribution in [3.05, 3.63) is 58.7 Å². The van der Waals surface area contributed by atoms with E-state index < -0.39 is 6.03 Å². The second kappa shape index (κ2) is 9.20. The molecule has 0 spiro atoms. The number of hydrogen-bond donors (Lipinski definition) is 2. The molecule has 2 N–H and O–H groups in total. The van der Waals surface area contributed by atoms with Gasteiger partial charge in [-0.3, -0.25) is 14.5 Å². The van der Waals surface area contributed by atoms with E-state index in [1.807, 2.05) is 52.8 Å². The summed E-state index contributed by atoms with van der Waals surface area (Å²) in [6.45, 7) is 10.6. The van der Waals surface area contributed by atoms with E-state index in [0.717, 1.165) is 16.9 Å². The number of imide groups is 1. The first-order valence-electron chi connectivity index (χ1n) is 10.5. The maximum absolute atomic E-state index is 12.6. The summed E-state index contributed by atoms with van der Waals surface area (Å²) in [5.41, 5.74) is 3.08. The summed E-state index contributed by atoms with van der Waals surface area (Å²) >= 11 is 0. The topological polar surface area (TPSA) is 87.7 Å². The van der Waals surface area contributed by atoms with Gasteiger partial charge in [-0.25, -0.2) is 4.79 Å². The summed E-state index contributed by atoms with van der Waals surface area (Å²) in [6, 6.07) is 9.92. The van der Waals surface area contributed by atoms with Crippen molar-refractivity contribution < 1.29 is 19.1 Å². The van der Waals surface area contributed by atoms with Crippen LogP contribution in [0, 0.1) is 12.8 Å². The Morgan fingerprint density at radius 1 is 1.03 bits per heavy atom. The summed E-state index contributed by atoms with van der Waals surface area (Å²) in [7, 11) is 0. The standard InChI is InChI=1S/C24H29N3O4/c1-6-31-21-10-7-15(4)11-19(21)16(5)25-24(30)26-17-8-9-18-20(12-17)23(29)27(22(18)28)13-14(2)3/h7-12,14,16H,6,13H2,1-5H3,(H2,25,26,30). The summed E-state index contributed by atoms with van der Waals surface area (Å²) < 4.78 is 5.68. The van der Waals surface area contributed by atoms with Crippen LogP contribution in [0.1, 0.15) is 65.6 Å².